The van der Waals surface area contributed by atoms with E-state index in [1.807, 2.05) is 11.9 Å². The van der Waals surface area contributed by atoms with Crippen LogP contribution >= 0.6 is 24.0 Å². The summed E-state index contributed by atoms with van der Waals surface area (Å²) in [5, 5.41) is 3.28. The summed E-state index contributed by atoms with van der Waals surface area (Å²) in [4.78, 5) is 19.6. The molecule has 0 bridgehead atoms. The predicted octanol–water partition coefficient (Wildman–Crippen LogP) is 1.41. The quantitative estimate of drug-likeness (QED) is 0.262. The number of amides is 1. The number of guanidine groups is 1. The van der Waals surface area contributed by atoms with Crippen LogP contribution in [0.2, 0.25) is 0 Å². The predicted molar refractivity (Wildman–Crippen MR) is 101 cm³/mol. The molecule has 0 aliphatic heterocycles. The molecule has 1 saturated carbocycles. The van der Waals surface area contributed by atoms with Gasteiger partial charge >= 0.3 is 0 Å². The van der Waals surface area contributed by atoms with E-state index in [1.165, 1.54) is 12.8 Å². The zero-order valence-electron chi connectivity index (χ0n) is 14.3. The van der Waals surface area contributed by atoms with Gasteiger partial charge in [0.1, 0.15) is 6.54 Å². The number of hydrogen-bond acceptors (Lipinski definition) is 3. The molecule has 130 valence electrons. The Kier molecular flexibility index (Phi) is 11.6. The van der Waals surface area contributed by atoms with Crippen LogP contribution < -0.4 is 5.32 Å². The zero-order chi connectivity index (χ0) is 15.7. The highest BCUT2D eigenvalue weighted by Gasteiger charge is 2.21. The van der Waals surface area contributed by atoms with Crippen LogP contribution in [0, 0.1) is 5.92 Å². The molecule has 0 heterocycles. The second kappa shape index (κ2) is 11.9. The minimum atomic E-state index is 0. The third-order valence-electron chi connectivity index (χ3n) is 3.38. The molecular weight excluding hydrogens is 395 g/mol. The van der Waals surface area contributed by atoms with Crippen molar-refractivity contribution in [3.8, 4) is 0 Å². The normalized spacial score (nSPS) is 14.3. The summed E-state index contributed by atoms with van der Waals surface area (Å²) in [7, 11) is 5.46. The molecule has 0 aromatic heterocycles. The number of ether oxygens (including phenoxy) is 1. The molecule has 0 atom stereocenters. The molecule has 0 spiro atoms. The Hall–Kier alpha value is -0.570. The van der Waals surface area contributed by atoms with E-state index in [0.29, 0.717) is 6.61 Å². The van der Waals surface area contributed by atoms with Crippen molar-refractivity contribution in [2.24, 2.45) is 10.9 Å². The van der Waals surface area contributed by atoms with Gasteiger partial charge in [0.05, 0.1) is 6.61 Å². The van der Waals surface area contributed by atoms with Gasteiger partial charge in [0.25, 0.3) is 0 Å². The Morgan fingerprint density at radius 2 is 2.00 bits per heavy atom. The number of rotatable bonds is 9. The van der Waals surface area contributed by atoms with E-state index >= 15 is 0 Å². The maximum atomic E-state index is 11.6. The van der Waals surface area contributed by atoms with Crippen LogP contribution in [0.1, 0.15) is 26.2 Å². The second-order valence-corrected chi connectivity index (χ2v) is 5.79. The first-order chi connectivity index (χ1) is 10.0. The molecule has 1 aliphatic rings. The summed E-state index contributed by atoms with van der Waals surface area (Å²) in [6, 6.07) is 0. The standard InChI is InChI=1S/C15H30N4O2.HI/c1-5-8-16-15(17-11-14(20)18(2)3)19(4)9-10-21-12-13-6-7-13;/h13H,5-12H2,1-4H3,(H,16,17);1H. The number of likely N-dealkylation sites (N-methyl/N-ethyl adjacent to an activating group) is 2. The van der Waals surface area contributed by atoms with E-state index in [-0.39, 0.29) is 36.4 Å². The minimum Gasteiger partial charge on any atom is -0.379 e. The summed E-state index contributed by atoms with van der Waals surface area (Å²) in [5.74, 6) is 1.56. The summed E-state index contributed by atoms with van der Waals surface area (Å²) in [6.45, 7) is 5.48. The number of aliphatic imine (C=N–C) groups is 1. The smallest absolute Gasteiger partial charge is 0.243 e. The van der Waals surface area contributed by atoms with Crippen molar-refractivity contribution in [1.82, 2.24) is 15.1 Å². The molecule has 22 heavy (non-hydrogen) atoms. The van der Waals surface area contributed by atoms with Crippen LogP contribution in [-0.4, -0.2) is 75.7 Å². The molecule has 0 saturated heterocycles. The first-order valence-corrected chi connectivity index (χ1v) is 7.82. The van der Waals surface area contributed by atoms with Crippen LogP contribution in [0.25, 0.3) is 0 Å². The van der Waals surface area contributed by atoms with Crippen LogP contribution in [0.15, 0.2) is 4.99 Å². The molecule has 0 unspecified atom stereocenters. The van der Waals surface area contributed by atoms with Gasteiger partial charge in [-0.15, -0.1) is 24.0 Å². The fraction of sp³-hybridized carbons (Fsp3) is 0.867. The maximum absolute atomic E-state index is 11.6. The highest BCUT2D eigenvalue weighted by molar-refractivity contribution is 14.0. The summed E-state index contributed by atoms with van der Waals surface area (Å²) >= 11 is 0. The SMILES string of the molecule is CCCNC(=NCC(=O)N(C)C)N(C)CCOCC1CC1.I. The molecule has 0 radical (unpaired) electrons. The average Bonchev–Trinajstić information content (AvgIpc) is 3.27. The highest BCUT2D eigenvalue weighted by atomic mass is 127. The summed E-state index contributed by atoms with van der Waals surface area (Å²) in [5.41, 5.74) is 0. The van der Waals surface area contributed by atoms with Gasteiger partial charge in [0.15, 0.2) is 5.96 Å². The topological polar surface area (TPSA) is 57.2 Å². The lowest BCUT2D eigenvalue weighted by Gasteiger charge is -2.22. The Labute approximate surface area is 151 Å². The fourth-order valence-corrected chi connectivity index (χ4v) is 1.67. The lowest BCUT2D eigenvalue weighted by molar-refractivity contribution is -0.127. The molecule has 6 nitrogen and oxygen atoms in total. The number of hydrogen-bond donors (Lipinski definition) is 1. The van der Waals surface area contributed by atoms with E-state index < -0.39 is 0 Å². The van der Waals surface area contributed by atoms with Crippen molar-refractivity contribution in [3.05, 3.63) is 0 Å². The van der Waals surface area contributed by atoms with Crippen molar-refractivity contribution in [3.63, 3.8) is 0 Å². The third-order valence-corrected chi connectivity index (χ3v) is 3.38. The van der Waals surface area contributed by atoms with Gasteiger partial charge in [-0.1, -0.05) is 6.92 Å². The van der Waals surface area contributed by atoms with Crippen molar-refractivity contribution < 1.29 is 9.53 Å². The van der Waals surface area contributed by atoms with Gasteiger partial charge in [-0.3, -0.25) is 4.79 Å². The molecule has 1 fully saturated rings. The minimum absolute atomic E-state index is 0. The van der Waals surface area contributed by atoms with E-state index in [4.69, 9.17) is 4.74 Å². The van der Waals surface area contributed by atoms with E-state index in [9.17, 15) is 4.79 Å². The number of halogens is 1. The molecular formula is C15H31IN4O2. The summed E-state index contributed by atoms with van der Waals surface area (Å²) < 4.78 is 5.65. The largest absolute Gasteiger partial charge is 0.379 e. The molecule has 1 aliphatic carbocycles. The Balaban J connectivity index is 0.00000441. The molecule has 0 aromatic rings. The van der Waals surface area contributed by atoms with Crippen LogP contribution in [0.5, 0.6) is 0 Å². The Morgan fingerprint density at radius 1 is 1.32 bits per heavy atom. The zero-order valence-corrected chi connectivity index (χ0v) is 16.6. The first kappa shape index (κ1) is 21.4. The fourth-order valence-electron chi connectivity index (χ4n) is 1.67. The molecule has 1 N–H and O–H groups in total. The highest BCUT2D eigenvalue weighted by Crippen LogP contribution is 2.28. The molecule has 1 rings (SSSR count). The molecule has 0 aromatic carbocycles. The van der Waals surface area contributed by atoms with E-state index in [1.54, 1.807) is 19.0 Å². The number of carbonyl (C=O) groups excluding carboxylic acids is 1. The van der Waals surface area contributed by atoms with Gasteiger partial charge < -0.3 is 19.9 Å². The van der Waals surface area contributed by atoms with E-state index in [0.717, 1.165) is 38.0 Å². The second-order valence-electron chi connectivity index (χ2n) is 5.79. The number of nitrogens with one attached hydrogen (secondary N) is 1. The lowest BCUT2D eigenvalue weighted by Crippen LogP contribution is -2.41. The maximum Gasteiger partial charge on any atom is 0.243 e. The van der Waals surface area contributed by atoms with Crippen molar-refractivity contribution >= 4 is 35.8 Å². The Morgan fingerprint density at radius 3 is 2.55 bits per heavy atom. The van der Waals surface area contributed by atoms with Gasteiger partial charge in [0, 0.05) is 40.8 Å². The van der Waals surface area contributed by atoms with Gasteiger partial charge in [-0.2, -0.15) is 0 Å². The van der Waals surface area contributed by atoms with Crippen molar-refractivity contribution in [2.75, 3.05) is 54.0 Å². The van der Waals surface area contributed by atoms with Gasteiger partial charge in [0.2, 0.25) is 5.91 Å². The first-order valence-electron chi connectivity index (χ1n) is 7.82. The van der Waals surface area contributed by atoms with Crippen LogP contribution in [0.3, 0.4) is 0 Å². The van der Waals surface area contributed by atoms with Crippen LogP contribution in [0.4, 0.5) is 0 Å². The summed E-state index contributed by atoms with van der Waals surface area (Å²) in [6.07, 6.45) is 3.65. The molecule has 7 heteroatoms. The van der Waals surface area contributed by atoms with Gasteiger partial charge in [-0.25, -0.2) is 4.99 Å². The number of nitrogens with zero attached hydrogens (tertiary/aromatic N) is 3. The van der Waals surface area contributed by atoms with Gasteiger partial charge in [-0.05, 0) is 25.2 Å². The number of carbonyl (C=O) groups is 1. The lowest BCUT2D eigenvalue weighted by atomic mass is 10.4. The molecule has 1 amide bonds. The van der Waals surface area contributed by atoms with E-state index in [2.05, 4.69) is 17.2 Å². The monoisotopic (exact) mass is 426 g/mol. The van der Waals surface area contributed by atoms with Crippen LogP contribution in [-0.2, 0) is 9.53 Å². The average molecular weight is 426 g/mol. The van der Waals surface area contributed by atoms with Crippen molar-refractivity contribution in [1.29, 1.82) is 0 Å². The Bertz CT molecular complexity index is 346. The van der Waals surface area contributed by atoms with Crippen molar-refractivity contribution in [2.45, 2.75) is 26.2 Å². The third kappa shape index (κ3) is 9.45.